The minimum Gasteiger partial charge on any atom is -0.370 e. The van der Waals surface area contributed by atoms with Gasteiger partial charge in [0.1, 0.15) is 5.82 Å². The molecule has 1 N–H and O–H groups in total. The predicted molar refractivity (Wildman–Crippen MR) is 66.2 cm³/mol. The highest BCUT2D eigenvalue weighted by Gasteiger charge is 2.42. The van der Waals surface area contributed by atoms with Crippen molar-refractivity contribution in [3.63, 3.8) is 0 Å². The molecule has 0 radical (unpaired) electrons. The number of hydrogen-bond acceptors (Lipinski definition) is 3. The average Bonchev–Trinajstić information content (AvgIpc) is 2.44. The summed E-state index contributed by atoms with van der Waals surface area (Å²) in [4.78, 5) is 3.15. The first kappa shape index (κ1) is 17.8. The predicted octanol–water partition coefficient (Wildman–Crippen LogP) is 4.01. The maximum atomic E-state index is 13.1. The molecule has 2 atom stereocenters. The number of aromatic nitrogens is 1. The summed E-state index contributed by atoms with van der Waals surface area (Å²) in [6.07, 6.45) is -11.1. The van der Waals surface area contributed by atoms with E-state index in [1.54, 1.807) is 0 Å². The highest BCUT2D eigenvalue weighted by atomic mass is 19.4. The van der Waals surface area contributed by atoms with Crippen LogP contribution in [-0.2, 0) is 10.9 Å². The number of rotatable bonds is 3. The van der Waals surface area contributed by atoms with E-state index in [4.69, 9.17) is 4.74 Å². The molecule has 0 amide bonds. The summed E-state index contributed by atoms with van der Waals surface area (Å²) in [6.45, 7) is -0.0784. The minimum absolute atomic E-state index is 0.0838. The fraction of sp³-hybridized carbons (Fsp3) is 0.615. The van der Waals surface area contributed by atoms with Crippen LogP contribution in [0.1, 0.15) is 18.5 Å². The third-order valence-corrected chi connectivity index (χ3v) is 3.42. The molecule has 0 aromatic carbocycles. The average molecular weight is 346 g/mol. The van der Waals surface area contributed by atoms with Crippen LogP contribution in [0.5, 0.6) is 0 Å². The van der Waals surface area contributed by atoms with Gasteiger partial charge in [-0.15, -0.1) is 0 Å². The fourth-order valence-corrected chi connectivity index (χ4v) is 2.21. The lowest BCUT2D eigenvalue weighted by Gasteiger charge is -2.30. The Morgan fingerprint density at radius 1 is 1.13 bits per heavy atom. The third kappa shape index (κ3) is 4.69. The molecule has 0 saturated carbocycles. The Morgan fingerprint density at radius 3 is 2.35 bits per heavy atom. The monoisotopic (exact) mass is 346 g/mol. The third-order valence-electron chi connectivity index (χ3n) is 3.42. The Labute approximate surface area is 126 Å². The summed E-state index contributed by atoms with van der Waals surface area (Å²) in [6, 6.07) is 1.67. The van der Waals surface area contributed by atoms with Crippen molar-refractivity contribution in [3.05, 3.63) is 23.6 Å². The number of anilines is 1. The van der Waals surface area contributed by atoms with Crippen molar-refractivity contribution < 1.29 is 35.5 Å². The van der Waals surface area contributed by atoms with Crippen LogP contribution in [0, 0.1) is 11.7 Å². The molecule has 23 heavy (non-hydrogen) atoms. The van der Waals surface area contributed by atoms with Gasteiger partial charge in [-0.25, -0.2) is 9.37 Å². The van der Waals surface area contributed by atoms with Gasteiger partial charge in [0, 0.05) is 6.54 Å². The molecule has 0 spiro atoms. The van der Waals surface area contributed by atoms with Crippen molar-refractivity contribution in [2.45, 2.75) is 31.3 Å². The molecule has 1 fully saturated rings. The quantitative estimate of drug-likeness (QED) is 0.840. The van der Waals surface area contributed by atoms with E-state index < -0.39 is 30.0 Å². The number of hydrogen-bond donors (Lipinski definition) is 1. The lowest BCUT2D eigenvalue weighted by atomic mass is 9.98. The Hall–Kier alpha value is -1.58. The van der Waals surface area contributed by atoms with Crippen molar-refractivity contribution in [1.82, 2.24) is 4.98 Å². The highest BCUT2D eigenvalue weighted by molar-refractivity contribution is 5.36. The molecule has 10 heteroatoms. The molecule has 130 valence electrons. The maximum absolute atomic E-state index is 13.1. The molecule has 3 nitrogen and oxygen atoms in total. The van der Waals surface area contributed by atoms with E-state index in [9.17, 15) is 30.7 Å². The lowest BCUT2D eigenvalue weighted by molar-refractivity contribution is -0.235. The van der Waals surface area contributed by atoms with E-state index in [1.165, 1.54) is 0 Å². The van der Waals surface area contributed by atoms with Crippen LogP contribution in [0.2, 0.25) is 0 Å². The zero-order chi connectivity index (χ0) is 17.3. The van der Waals surface area contributed by atoms with Crippen LogP contribution >= 0.6 is 0 Å². The summed E-state index contributed by atoms with van der Waals surface area (Å²) in [5.74, 6) is -1.98. The largest absolute Gasteiger partial charge is 0.436 e. The zero-order valence-electron chi connectivity index (χ0n) is 11.6. The second-order valence-electron chi connectivity index (χ2n) is 5.21. The smallest absolute Gasteiger partial charge is 0.370 e. The molecule has 1 aliphatic rings. The van der Waals surface area contributed by atoms with Gasteiger partial charge in [0.2, 0.25) is 0 Å². The molecule has 0 aliphatic carbocycles. The summed E-state index contributed by atoms with van der Waals surface area (Å²) in [5, 5.41) is 2.57. The van der Waals surface area contributed by atoms with Crippen LogP contribution in [0.3, 0.4) is 0 Å². The number of nitrogens with zero attached hydrogens (tertiary/aromatic N) is 1. The van der Waals surface area contributed by atoms with E-state index in [0.717, 1.165) is 6.07 Å². The standard InChI is InChI=1S/C13H13F7N2O/c14-8-2-4-10(22-11(8)13(18,19)20)21-5-7-1-3-9(23-6-7)12(15,16)17/h2,4,7,9H,1,3,5-6H2,(H,21,22). The molecule has 2 unspecified atom stereocenters. The number of pyridine rings is 1. The first-order chi connectivity index (χ1) is 10.6. The Balaban J connectivity index is 1.90. The van der Waals surface area contributed by atoms with Crippen LogP contribution in [0.15, 0.2) is 12.1 Å². The van der Waals surface area contributed by atoms with Crippen LogP contribution in [-0.4, -0.2) is 30.4 Å². The first-order valence-corrected chi connectivity index (χ1v) is 6.73. The Morgan fingerprint density at radius 2 is 1.83 bits per heavy atom. The molecule has 1 saturated heterocycles. The Bertz CT molecular complexity index is 536. The summed E-state index contributed by atoms with van der Waals surface area (Å²) < 4.78 is 92.6. The van der Waals surface area contributed by atoms with Crippen LogP contribution in [0.25, 0.3) is 0 Å². The van der Waals surface area contributed by atoms with Gasteiger partial charge in [-0.2, -0.15) is 26.3 Å². The SMILES string of the molecule is Fc1ccc(NCC2CCC(C(F)(F)F)OC2)nc1C(F)(F)F. The lowest BCUT2D eigenvalue weighted by Crippen LogP contribution is -2.39. The molecular weight excluding hydrogens is 333 g/mol. The summed E-state index contributed by atoms with van der Waals surface area (Å²) in [7, 11) is 0. The van der Waals surface area contributed by atoms with Gasteiger partial charge < -0.3 is 10.1 Å². The molecule has 2 rings (SSSR count). The van der Waals surface area contributed by atoms with Crippen molar-refractivity contribution in [1.29, 1.82) is 0 Å². The molecular formula is C13H13F7N2O. The number of halogens is 7. The van der Waals surface area contributed by atoms with E-state index in [0.29, 0.717) is 6.07 Å². The van der Waals surface area contributed by atoms with E-state index in [2.05, 4.69) is 10.3 Å². The number of alkyl halides is 6. The van der Waals surface area contributed by atoms with Crippen LogP contribution in [0.4, 0.5) is 36.6 Å². The van der Waals surface area contributed by atoms with E-state index in [-0.39, 0.29) is 37.7 Å². The minimum atomic E-state index is -4.92. The van der Waals surface area contributed by atoms with Gasteiger partial charge in [-0.05, 0) is 30.9 Å². The number of ether oxygens (including phenoxy) is 1. The van der Waals surface area contributed by atoms with Crippen molar-refractivity contribution >= 4 is 5.82 Å². The molecule has 2 heterocycles. The van der Waals surface area contributed by atoms with Crippen molar-refractivity contribution in [3.8, 4) is 0 Å². The van der Waals surface area contributed by atoms with Crippen molar-refractivity contribution in [2.75, 3.05) is 18.5 Å². The van der Waals surface area contributed by atoms with Crippen LogP contribution < -0.4 is 5.32 Å². The van der Waals surface area contributed by atoms with Gasteiger partial charge in [-0.3, -0.25) is 0 Å². The van der Waals surface area contributed by atoms with Gasteiger partial charge >= 0.3 is 12.4 Å². The highest BCUT2D eigenvalue weighted by Crippen LogP contribution is 2.32. The van der Waals surface area contributed by atoms with Gasteiger partial charge in [0.25, 0.3) is 0 Å². The Kier molecular flexibility index (Phi) is 5.02. The summed E-state index contributed by atoms with van der Waals surface area (Å²) >= 11 is 0. The topological polar surface area (TPSA) is 34.1 Å². The fourth-order valence-electron chi connectivity index (χ4n) is 2.21. The molecule has 1 aliphatic heterocycles. The molecule has 1 aromatic rings. The second-order valence-corrected chi connectivity index (χ2v) is 5.21. The first-order valence-electron chi connectivity index (χ1n) is 6.73. The molecule has 1 aromatic heterocycles. The molecule has 0 bridgehead atoms. The van der Waals surface area contributed by atoms with E-state index >= 15 is 0 Å². The number of nitrogens with one attached hydrogen (secondary N) is 1. The van der Waals surface area contributed by atoms with Gasteiger partial charge in [0.05, 0.1) is 6.61 Å². The van der Waals surface area contributed by atoms with E-state index in [1.807, 2.05) is 0 Å². The zero-order valence-corrected chi connectivity index (χ0v) is 11.6. The van der Waals surface area contributed by atoms with Gasteiger partial charge in [0.15, 0.2) is 17.6 Å². The normalized spacial score (nSPS) is 22.9. The second kappa shape index (κ2) is 6.50. The van der Waals surface area contributed by atoms with Gasteiger partial charge in [-0.1, -0.05) is 0 Å². The summed E-state index contributed by atoms with van der Waals surface area (Å²) in [5.41, 5.74) is -1.64. The van der Waals surface area contributed by atoms with Crippen molar-refractivity contribution in [2.24, 2.45) is 5.92 Å². The maximum Gasteiger partial charge on any atom is 0.436 e.